The first-order valence-electron chi connectivity index (χ1n) is 11.8. The Morgan fingerprint density at radius 2 is 1.71 bits per heavy atom. The van der Waals surface area contributed by atoms with Gasteiger partial charge in [0.25, 0.3) is 0 Å². The fraction of sp³-hybridized carbons (Fsp3) is 0.500. The van der Waals surface area contributed by atoms with Gasteiger partial charge in [-0.3, -0.25) is 0 Å². The van der Waals surface area contributed by atoms with Crippen LogP contribution in [0.25, 0.3) is 0 Å². The predicted molar refractivity (Wildman–Crippen MR) is 145 cm³/mol. The summed E-state index contributed by atoms with van der Waals surface area (Å²) >= 11 is 3.24. The molecular weight excluding hydrogens is 460 g/mol. The Kier molecular flexibility index (Phi) is 9.95. The highest BCUT2D eigenvalue weighted by Gasteiger charge is 2.22. The number of aromatic nitrogens is 1. The second-order valence-electron chi connectivity index (χ2n) is 8.51. The number of benzene rings is 1. The van der Waals surface area contributed by atoms with Crippen molar-refractivity contribution in [3.63, 3.8) is 0 Å². The maximum atomic E-state index is 9.96. The van der Waals surface area contributed by atoms with Crippen LogP contribution >= 0.6 is 23.7 Å². The van der Waals surface area contributed by atoms with E-state index in [0.29, 0.717) is 28.4 Å². The first-order valence-corrected chi connectivity index (χ1v) is 14.0. The summed E-state index contributed by atoms with van der Waals surface area (Å²) in [6.45, 7) is 6.07. The minimum Gasteiger partial charge on any atom is -0.357 e. The zero-order valence-corrected chi connectivity index (χ0v) is 22.3. The third kappa shape index (κ3) is 6.39. The lowest BCUT2D eigenvalue weighted by Crippen LogP contribution is -2.37. The Balaban J connectivity index is 1.83. The van der Waals surface area contributed by atoms with Crippen LogP contribution in [-0.2, 0) is 12.2 Å². The van der Waals surface area contributed by atoms with Crippen LogP contribution in [0.4, 0.5) is 11.5 Å². The van der Waals surface area contributed by atoms with Crippen molar-refractivity contribution in [3.05, 3.63) is 46.5 Å². The molecule has 0 radical (unpaired) electrons. The molecular formula is C26H34N6S2. The number of pyridine rings is 1. The highest BCUT2D eigenvalue weighted by molar-refractivity contribution is 7.99. The Morgan fingerprint density at radius 3 is 2.29 bits per heavy atom. The topological polar surface area (TPSA) is 70.2 Å². The number of nitriles is 2. The quantitative estimate of drug-likeness (QED) is 0.325. The van der Waals surface area contributed by atoms with Crippen molar-refractivity contribution in [2.24, 2.45) is 0 Å². The van der Waals surface area contributed by atoms with Crippen molar-refractivity contribution in [3.8, 4) is 12.1 Å². The fourth-order valence-electron chi connectivity index (χ4n) is 4.20. The summed E-state index contributed by atoms with van der Waals surface area (Å²) in [5.74, 6) is 1.41. The Bertz CT molecular complexity index is 1040. The zero-order valence-electron chi connectivity index (χ0n) is 20.7. The van der Waals surface area contributed by atoms with Crippen LogP contribution < -0.4 is 9.21 Å². The monoisotopic (exact) mass is 494 g/mol. The van der Waals surface area contributed by atoms with Crippen LogP contribution in [0.1, 0.15) is 48.4 Å². The first kappa shape index (κ1) is 26.2. The van der Waals surface area contributed by atoms with Crippen molar-refractivity contribution in [2.45, 2.75) is 43.4 Å². The highest BCUT2D eigenvalue weighted by Crippen LogP contribution is 2.33. The molecule has 0 saturated carbocycles. The molecule has 0 aliphatic carbocycles. The standard InChI is InChI=1S/C26H34N6S2/c1-5-22-23(17-27)25(30(2)15-16-32-13-7-6-8-14-32)29-26(24(22)18-28)34-19-20-9-11-21(12-10-20)31(3)33-4/h9-12H,5-8,13-16,19H2,1-4H3. The fourth-order valence-corrected chi connectivity index (χ4v) is 5.50. The summed E-state index contributed by atoms with van der Waals surface area (Å²) in [6, 6.07) is 13.2. The molecule has 0 amide bonds. The molecule has 1 saturated heterocycles. The average Bonchev–Trinajstić information content (AvgIpc) is 2.89. The molecule has 0 N–H and O–H groups in total. The first-order chi connectivity index (χ1) is 16.5. The van der Waals surface area contributed by atoms with Gasteiger partial charge in [-0.2, -0.15) is 10.5 Å². The lowest BCUT2D eigenvalue weighted by atomic mass is 10.0. The Morgan fingerprint density at radius 1 is 1.03 bits per heavy atom. The molecule has 0 atom stereocenters. The average molecular weight is 495 g/mol. The summed E-state index contributed by atoms with van der Waals surface area (Å²) in [5.41, 5.74) is 4.21. The molecule has 1 aromatic heterocycles. The van der Waals surface area contributed by atoms with Gasteiger partial charge in [0, 0.05) is 44.9 Å². The molecule has 1 aliphatic rings. The SMILES string of the molecule is CCc1c(C#N)c(SCc2ccc(N(C)SC)cc2)nc(N(C)CCN2CCCCC2)c1C#N. The van der Waals surface area contributed by atoms with Crippen molar-refractivity contribution < 1.29 is 0 Å². The Hall–Kier alpha value is -2.39. The number of nitrogens with zero attached hydrogens (tertiary/aromatic N) is 6. The molecule has 0 spiro atoms. The second kappa shape index (κ2) is 12.9. The number of anilines is 2. The van der Waals surface area contributed by atoms with E-state index < -0.39 is 0 Å². The molecule has 34 heavy (non-hydrogen) atoms. The van der Waals surface area contributed by atoms with Gasteiger partial charge in [0.2, 0.25) is 0 Å². The lowest BCUT2D eigenvalue weighted by Gasteiger charge is -2.29. The molecule has 2 aromatic rings. The van der Waals surface area contributed by atoms with E-state index in [2.05, 4.69) is 56.8 Å². The maximum Gasteiger partial charge on any atom is 0.148 e. The van der Waals surface area contributed by atoms with Crippen molar-refractivity contribution in [2.75, 3.05) is 55.7 Å². The van der Waals surface area contributed by atoms with Crippen LogP contribution in [0.2, 0.25) is 0 Å². The van der Waals surface area contributed by atoms with Gasteiger partial charge >= 0.3 is 0 Å². The summed E-state index contributed by atoms with van der Waals surface area (Å²) in [4.78, 5) is 9.45. The molecule has 8 heteroatoms. The third-order valence-electron chi connectivity index (χ3n) is 6.34. The van der Waals surface area contributed by atoms with Gasteiger partial charge in [0.15, 0.2) is 0 Å². The molecule has 180 valence electrons. The van der Waals surface area contributed by atoms with Crippen LogP contribution in [0, 0.1) is 22.7 Å². The number of likely N-dealkylation sites (N-methyl/N-ethyl adjacent to an activating group) is 1. The normalized spacial score (nSPS) is 13.8. The van der Waals surface area contributed by atoms with Gasteiger partial charge in [-0.05, 0) is 55.6 Å². The van der Waals surface area contributed by atoms with E-state index >= 15 is 0 Å². The predicted octanol–water partition coefficient (Wildman–Crippen LogP) is 5.32. The number of hydrogen-bond donors (Lipinski definition) is 0. The van der Waals surface area contributed by atoms with Gasteiger partial charge in [0.05, 0.1) is 11.1 Å². The Labute approximate surface area is 213 Å². The van der Waals surface area contributed by atoms with Crippen molar-refractivity contribution in [1.82, 2.24) is 9.88 Å². The maximum absolute atomic E-state index is 9.96. The molecule has 6 nitrogen and oxygen atoms in total. The molecule has 2 heterocycles. The van der Waals surface area contributed by atoms with Gasteiger partial charge < -0.3 is 14.1 Å². The second-order valence-corrected chi connectivity index (χ2v) is 10.4. The summed E-state index contributed by atoms with van der Waals surface area (Å²) in [7, 11) is 4.05. The van der Waals surface area contributed by atoms with Crippen LogP contribution in [0.3, 0.4) is 0 Å². The van der Waals surface area contributed by atoms with E-state index in [1.165, 1.54) is 24.8 Å². The van der Waals surface area contributed by atoms with Crippen LogP contribution in [0.5, 0.6) is 0 Å². The number of likely N-dealkylation sites (tertiary alicyclic amines) is 1. The third-order valence-corrected chi connectivity index (χ3v) is 8.14. The molecule has 1 aliphatic heterocycles. The minimum absolute atomic E-state index is 0.536. The lowest BCUT2D eigenvalue weighted by molar-refractivity contribution is 0.234. The van der Waals surface area contributed by atoms with E-state index in [4.69, 9.17) is 4.98 Å². The summed E-state index contributed by atoms with van der Waals surface area (Å²) in [5, 5.41) is 20.6. The number of rotatable bonds is 10. The molecule has 1 aromatic carbocycles. The largest absolute Gasteiger partial charge is 0.357 e. The van der Waals surface area contributed by atoms with Gasteiger partial charge in [-0.1, -0.05) is 37.4 Å². The molecule has 0 bridgehead atoms. The molecule has 1 fully saturated rings. The number of hydrogen-bond acceptors (Lipinski definition) is 8. The van der Waals surface area contributed by atoms with E-state index in [1.807, 2.05) is 21.0 Å². The van der Waals surface area contributed by atoms with Crippen molar-refractivity contribution >= 4 is 35.2 Å². The van der Waals surface area contributed by atoms with Gasteiger partial charge in [-0.15, -0.1) is 11.8 Å². The smallest absolute Gasteiger partial charge is 0.148 e. The van der Waals surface area contributed by atoms with Crippen LogP contribution in [0.15, 0.2) is 29.3 Å². The summed E-state index contributed by atoms with van der Waals surface area (Å²) < 4.78 is 2.12. The van der Waals surface area contributed by atoms with Gasteiger partial charge in [0.1, 0.15) is 23.0 Å². The molecule has 0 unspecified atom stereocenters. The van der Waals surface area contributed by atoms with E-state index in [0.717, 1.165) is 43.2 Å². The summed E-state index contributed by atoms with van der Waals surface area (Å²) in [6.07, 6.45) is 6.52. The number of thioether (sulfide) groups is 1. The highest BCUT2D eigenvalue weighted by atomic mass is 32.2. The van der Waals surface area contributed by atoms with E-state index in [9.17, 15) is 10.5 Å². The van der Waals surface area contributed by atoms with E-state index in [1.54, 1.807) is 23.7 Å². The minimum atomic E-state index is 0.536. The molecule has 3 rings (SSSR count). The van der Waals surface area contributed by atoms with Crippen LogP contribution in [-0.4, -0.2) is 56.4 Å². The van der Waals surface area contributed by atoms with Gasteiger partial charge in [-0.25, -0.2) is 4.98 Å². The number of piperidine rings is 1. The zero-order chi connectivity index (χ0) is 24.5. The van der Waals surface area contributed by atoms with E-state index in [-0.39, 0.29) is 0 Å². The van der Waals surface area contributed by atoms with Crippen molar-refractivity contribution in [1.29, 1.82) is 10.5 Å².